The quantitative estimate of drug-likeness (QED) is 0.811. The molecule has 1 aliphatic heterocycles. The second kappa shape index (κ2) is 7.93. The number of carbonyl (C=O) groups is 1. The molecule has 1 aliphatic rings. The summed E-state index contributed by atoms with van der Waals surface area (Å²) in [4.78, 5) is 16.6. The van der Waals surface area contributed by atoms with Crippen molar-refractivity contribution in [2.75, 3.05) is 25.2 Å². The molecule has 0 radical (unpaired) electrons. The van der Waals surface area contributed by atoms with Gasteiger partial charge in [0.1, 0.15) is 17.5 Å². The number of pyridine rings is 1. The molecule has 0 unspecified atom stereocenters. The van der Waals surface area contributed by atoms with E-state index in [4.69, 9.17) is 9.47 Å². The number of ether oxygens (including phenoxy) is 2. The van der Waals surface area contributed by atoms with Gasteiger partial charge in [0.25, 0.3) is 0 Å². The summed E-state index contributed by atoms with van der Waals surface area (Å²) in [5, 5.41) is 2.71. The second-order valence-electron chi connectivity index (χ2n) is 6.19. The molecular weight excluding hydrogens is 370 g/mol. The average molecular weight is 391 g/mol. The van der Waals surface area contributed by atoms with Gasteiger partial charge in [-0.2, -0.15) is 4.31 Å². The first-order valence-electron chi connectivity index (χ1n) is 8.42. The summed E-state index contributed by atoms with van der Waals surface area (Å²) in [6.45, 7) is 0.364. The zero-order valence-electron chi connectivity index (χ0n) is 15.1. The molecule has 1 N–H and O–H groups in total. The molecule has 2 heterocycles. The molecule has 1 aromatic heterocycles. The van der Waals surface area contributed by atoms with Gasteiger partial charge in [-0.05, 0) is 31.0 Å². The highest BCUT2D eigenvalue weighted by Gasteiger charge is 2.36. The first-order chi connectivity index (χ1) is 12.9. The van der Waals surface area contributed by atoms with Crippen molar-refractivity contribution in [1.29, 1.82) is 0 Å². The number of amides is 1. The van der Waals surface area contributed by atoms with Crippen molar-refractivity contribution >= 4 is 21.6 Å². The molecule has 144 valence electrons. The highest BCUT2D eigenvalue weighted by molar-refractivity contribution is 7.88. The van der Waals surface area contributed by atoms with Crippen molar-refractivity contribution in [3.63, 3.8) is 0 Å². The zero-order chi connectivity index (χ0) is 19.4. The predicted octanol–water partition coefficient (Wildman–Crippen LogP) is 2.25. The fourth-order valence-corrected chi connectivity index (χ4v) is 4.05. The summed E-state index contributed by atoms with van der Waals surface area (Å²) in [5.41, 5.74) is 0.471. The Hall–Kier alpha value is -2.65. The predicted molar refractivity (Wildman–Crippen MR) is 101 cm³/mol. The van der Waals surface area contributed by atoms with E-state index < -0.39 is 16.1 Å². The summed E-state index contributed by atoms with van der Waals surface area (Å²) in [6.07, 6.45) is 3.75. The third-order valence-corrected chi connectivity index (χ3v) is 5.49. The molecule has 9 heteroatoms. The topological polar surface area (TPSA) is 97.8 Å². The van der Waals surface area contributed by atoms with Gasteiger partial charge in [-0.1, -0.05) is 6.07 Å². The average Bonchev–Trinajstić information content (AvgIpc) is 3.14. The van der Waals surface area contributed by atoms with E-state index in [2.05, 4.69) is 10.3 Å². The van der Waals surface area contributed by atoms with Crippen LogP contribution < -0.4 is 14.8 Å². The lowest BCUT2D eigenvalue weighted by atomic mass is 10.2. The summed E-state index contributed by atoms with van der Waals surface area (Å²) < 4.78 is 35.6. The number of nitrogens with one attached hydrogen (secondary N) is 1. The standard InChI is InChI=1S/C18H21N3O5S/c1-25-14-5-3-6-15(11-14)26-17-9-8-13(12-19-17)20-18(22)16-7-4-10-21(16)27(2,23)24/h3,5-6,8-9,11-12,16H,4,7,10H2,1-2H3,(H,20,22)/t16-/m0/s1. The number of nitrogens with zero attached hydrogens (tertiary/aromatic N) is 2. The molecule has 3 rings (SSSR count). The summed E-state index contributed by atoms with van der Waals surface area (Å²) in [6, 6.07) is 9.71. The van der Waals surface area contributed by atoms with E-state index in [9.17, 15) is 13.2 Å². The highest BCUT2D eigenvalue weighted by atomic mass is 32.2. The Morgan fingerprint density at radius 1 is 1.26 bits per heavy atom. The maximum atomic E-state index is 12.4. The number of sulfonamides is 1. The van der Waals surface area contributed by atoms with Crippen molar-refractivity contribution in [2.24, 2.45) is 0 Å². The van der Waals surface area contributed by atoms with E-state index in [1.54, 1.807) is 37.4 Å². The molecule has 8 nitrogen and oxygen atoms in total. The first-order valence-corrected chi connectivity index (χ1v) is 10.3. The van der Waals surface area contributed by atoms with E-state index in [-0.39, 0.29) is 5.91 Å². The molecule has 1 atom stereocenters. The largest absolute Gasteiger partial charge is 0.497 e. The van der Waals surface area contributed by atoms with E-state index in [1.807, 2.05) is 6.07 Å². The molecule has 1 fully saturated rings. The molecule has 1 saturated heterocycles. The smallest absolute Gasteiger partial charge is 0.242 e. The Bertz CT molecular complexity index is 915. The van der Waals surface area contributed by atoms with E-state index in [0.29, 0.717) is 42.5 Å². The highest BCUT2D eigenvalue weighted by Crippen LogP contribution is 2.25. The van der Waals surface area contributed by atoms with Gasteiger partial charge >= 0.3 is 0 Å². The molecule has 0 spiro atoms. The monoisotopic (exact) mass is 391 g/mol. The van der Waals surface area contributed by atoms with Crippen LogP contribution in [0, 0.1) is 0 Å². The number of methoxy groups -OCH3 is 1. The van der Waals surface area contributed by atoms with Crippen molar-refractivity contribution in [3.05, 3.63) is 42.6 Å². The van der Waals surface area contributed by atoms with Crippen LogP contribution in [0.25, 0.3) is 0 Å². The molecule has 1 amide bonds. The SMILES string of the molecule is COc1cccc(Oc2ccc(NC(=O)[C@@H]3CCCN3S(C)(=O)=O)cn2)c1. The maximum absolute atomic E-state index is 12.4. The Kier molecular flexibility index (Phi) is 5.62. The van der Waals surface area contributed by atoms with Gasteiger partial charge in [0.15, 0.2) is 0 Å². The first kappa shape index (κ1) is 19.1. The minimum Gasteiger partial charge on any atom is -0.497 e. The number of aromatic nitrogens is 1. The number of benzene rings is 1. The third kappa shape index (κ3) is 4.75. The zero-order valence-corrected chi connectivity index (χ0v) is 15.9. The molecule has 2 aromatic rings. The second-order valence-corrected chi connectivity index (χ2v) is 8.12. The van der Waals surface area contributed by atoms with Crippen LogP contribution in [0.2, 0.25) is 0 Å². The van der Waals surface area contributed by atoms with Gasteiger partial charge in [0.2, 0.25) is 21.8 Å². The molecular formula is C18H21N3O5S. The van der Waals surface area contributed by atoms with Crippen LogP contribution in [-0.4, -0.2) is 49.6 Å². The number of rotatable bonds is 6. The number of hydrogen-bond donors (Lipinski definition) is 1. The fourth-order valence-electron chi connectivity index (χ4n) is 2.92. The Balaban J connectivity index is 1.64. The van der Waals surface area contributed by atoms with E-state index in [0.717, 1.165) is 6.26 Å². The van der Waals surface area contributed by atoms with Crippen molar-refractivity contribution < 1.29 is 22.7 Å². The summed E-state index contributed by atoms with van der Waals surface area (Å²) >= 11 is 0. The molecule has 0 saturated carbocycles. The lowest BCUT2D eigenvalue weighted by molar-refractivity contribution is -0.119. The molecule has 0 bridgehead atoms. The number of carbonyl (C=O) groups excluding carboxylic acids is 1. The van der Waals surface area contributed by atoms with Crippen LogP contribution in [0.5, 0.6) is 17.4 Å². The molecule has 0 aliphatic carbocycles. The Labute approximate surface area is 158 Å². The van der Waals surface area contributed by atoms with Gasteiger partial charge in [0, 0.05) is 18.7 Å². The van der Waals surface area contributed by atoms with E-state index in [1.165, 1.54) is 10.5 Å². The third-order valence-electron chi connectivity index (χ3n) is 4.20. The minimum atomic E-state index is -3.41. The lowest BCUT2D eigenvalue weighted by Crippen LogP contribution is -2.42. The van der Waals surface area contributed by atoms with Gasteiger partial charge in [0.05, 0.1) is 25.2 Å². The van der Waals surface area contributed by atoms with Gasteiger partial charge in [-0.15, -0.1) is 0 Å². The number of hydrogen-bond acceptors (Lipinski definition) is 6. The molecule has 1 aromatic carbocycles. The van der Waals surface area contributed by atoms with Gasteiger partial charge < -0.3 is 14.8 Å². The van der Waals surface area contributed by atoms with Crippen LogP contribution >= 0.6 is 0 Å². The van der Waals surface area contributed by atoms with E-state index >= 15 is 0 Å². The van der Waals surface area contributed by atoms with Crippen molar-refractivity contribution in [3.8, 4) is 17.4 Å². The number of anilines is 1. The van der Waals surface area contributed by atoms with Crippen molar-refractivity contribution in [2.45, 2.75) is 18.9 Å². The summed E-state index contributed by atoms with van der Waals surface area (Å²) in [5.74, 6) is 1.25. The van der Waals surface area contributed by atoms with Crippen LogP contribution in [0.4, 0.5) is 5.69 Å². The molecule has 27 heavy (non-hydrogen) atoms. The van der Waals surface area contributed by atoms with Gasteiger partial charge in [-0.25, -0.2) is 13.4 Å². The van der Waals surface area contributed by atoms with Gasteiger partial charge in [-0.3, -0.25) is 4.79 Å². The Morgan fingerprint density at radius 2 is 2.04 bits per heavy atom. The van der Waals surface area contributed by atoms with Crippen LogP contribution in [0.3, 0.4) is 0 Å². The van der Waals surface area contributed by atoms with Crippen LogP contribution in [-0.2, 0) is 14.8 Å². The van der Waals surface area contributed by atoms with Crippen LogP contribution in [0.15, 0.2) is 42.6 Å². The minimum absolute atomic E-state index is 0.360. The van der Waals surface area contributed by atoms with Crippen LogP contribution in [0.1, 0.15) is 12.8 Å². The normalized spacial score (nSPS) is 17.5. The summed E-state index contributed by atoms with van der Waals surface area (Å²) in [7, 11) is -1.84. The Morgan fingerprint density at radius 3 is 2.70 bits per heavy atom. The fraction of sp³-hybridized carbons (Fsp3) is 0.333. The van der Waals surface area contributed by atoms with Crippen molar-refractivity contribution in [1.82, 2.24) is 9.29 Å². The maximum Gasteiger partial charge on any atom is 0.242 e. The lowest BCUT2D eigenvalue weighted by Gasteiger charge is -2.21.